The summed E-state index contributed by atoms with van der Waals surface area (Å²) in [6.45, 7) is 0.121. The Kier molecular flexibility index (Phi) is 2.71. The summed E-state index contributed by atoms with van der Waals surface area (Å²) in [4.78, 5) is 24.1. The maximum absolute atomic E-state index is 12.2. The molecular weight excluding hydrogens is 246 g/mol. The standard InChI is InChI=1S/C14H11NO4/c15-6-10(13(16)8-1-2-8)14(17)9-3-4-11-12(5-9)19-7-18-11/h3-5,8,10H,1-2,7H2. The number of hydrogen-bond acceptors (Lipinski definition) is 5. The van der Waals surface area contributed by atoms with Gasteiger partial charge in [0, 0.05) is 11.5 Å². The molecule has 0 N–H and O–H groups in total. The highest BCUT2D eigenvalue weighted by atomic mass is 16.7. The van der Waals surface area contributed by atoms with Gasteiger partial charge in [0.2, 0.25) is 6.79 Å². The zero-order chi connectivity index (χ0) is 13.4. The Morgan fingerprint density at radius 3 is 2.68 bits per heavy atom. The van der Waals surface area contributed by atoms with Crippen LogP contribution in [0.15, 0.2) is 18.2 Å². The van der Waals surface area contributed by atoms with Gasteiger partial charge in [-0.25, -0.2) is 0 Å². The van der Waals surface area contributed by atoms with Gasteiger partial charge >= 0.3 is 0 Å². The lowest BCUT2D eigenvalue weighted by atomic mass is 9.92. The Labute approximate surface area is 109 Å². The van der Waals surface area contributed by atoms with Crippen molar-refractivity contribution < 1.29 is 19.1 Å². The van der Waals surface area contributed by atoms with Crippen molar-refractivity contribution >= 4 is 11.6 Å². The first-order valence-corrected chi connectivity index (χ1v) is 6.08. The van der Waals surface area contributed by atoms with Crippen LogP contribution in [-0.2, 0) is 4.79 Å². The van der Waals surface area contributed by atoms with Crippen molar-refractivity contribution in [2.24, 2.45) is 11.8 Å². The zero-order valence-corrected chi connectivity index (χ0v) is 10.1. The van der Waals surface area contributed by atoms with E-state index in [2.05, 4.69) is 0 Å². The Morgan fingerprint density at radius 2 is 2.00 bits per heavy atom. The normalized spacial score (nSPS) is 17.6. The van der Waals surface area contributed by atoms with Gasteiger partial charge in [0.05, 0.1) is 6.07 Å². The van der Waals surface area contributed by atoms with Crippen LogP contribution in [0, 0.1) is 23.2 Å². The topological polar surface area (TPSA) is 76.4 Å². The third kappa shape index (κ3) is 2.06. The van der Waals surface area contributed by atoms with E-state index < -0.39 is 11.7 Å². The second-order valence-electron chi connectivity index (χ2n) is 4.67. The molecule has 2 aliphatic rings. The van der Waals surface area contributed by atoms with Crippen molar-refractivity contribution in [3.63, 3.8) is 0 Å². The average molecular weight is 257 g/mol. The second-order valence-corrected chi connectivity index (χ2v) is 4.67. The highest BCUT2D eigenvalue weighted by Crippen LogP contribution is 2.35. The molecule has 0 radical (unpaired) electrons. The average Bonchev–Trinajstić information content (AvgIpc) is 3.17. The predicted octanol–water partition coefficient (Wildman–Crippen LogP) is 1.72. The van der Waals surface area contributed by atoms with Gasteiger partial charge in [-0.05, 0) is 31.0 Å². The third-order valence-corrected chi connectivity index (χ3v) is 3.31. The molecule has 1 aliphatic carbocycles. The molecule has 5 heteroatoms. The van der Waals surface area contributed by atoms with Gasteiger partial charge in [0.15, 0.2) is 29.0 Å². The Balaban J connectivity index is 1.86. The van der Waals surface area contributed by atoms with Crippen molar-refractivity contribution in [1.82, 2.24) is 0 Å². The molecule has 1 aromatic carbocycles. The van der Waals surface area contributed by atoms with E-state index in [1.54, 1.807) is 12.1 Å². The minimum absolute atomic E-state index is 0.109. The molecule has 1 heterocycles. The van der Waals surface area contributed by atoms with Crippen LogP contribution in [0.25, 0.3) is 0 Å². The minimum Gasteiger partial charge on any atom is -0.454 e. The van der Waals surface area contributed by atoms with Gasteiger partial charge in [-0.3, -0.25) is 9.59 Å². The third-order valence-electron chi connectivity index (χ3n) is 3.31. The molecule has 5 nitrogen and oxygen atoms in total. The molecule has 19 heavy (non-hydrogen) atoms. The summed E-state index contributed by atoms with van der Waals surface area (Å²) in [5, 5.41) is 9.05. The number of carbonyl (C=O) groups excluding carboxylic acids is 2. The molecule has 0 amide bonds. The van der Waals surface area contributed by atoms with Gasteiger partial charge in [0.25, 0.3) is 0 Å². The lowest BCUT2D eigenvalue weighted by Crippen LogP contribution is -2.24. The summed E-state index contributed by atoms with van der Waals surface area (Å²) in [5.74, 6) is -0.988. The van der Waals surface area contributed by atoms with Crippen molar-refractivity contribution in [2.45, 2.75) is 12.8 Å². The highest BCUT2D eigenvalue weighted by Gasteiger charge is 2.38. The van der Waals surface area contributed by atoms with E-state index >= 15 is 0 Å². The van der Waals surface area contributed by atoms with Gasteiger partial charge in [-0.2, -0.15) is 5.26 Å². The summed E-state index contributed by atoms with van der Waals surface area (Å²) in [5.41, 5.74) is 0.310. The molecule has 1 atom stereocenters. The largest absolute Gasteiger partial charge is 0.454 e. The van der Waals surface area contributed by atoms with Crippen molar-refractivity contribution in [1.29, 1.82) is 5.26 Å². The zero-order valence-electron chi connectivity index (χ0n) is 10.1. The number of rotatable bonds is 4. The van der Waals surface area contributed by atoms with Crippen molar-refractivity contribution in [2.75, 3.05) is 6.79 Å². The van der Waals surface area contributed by atoms with Crippen LogP contribution in [-0.4, -0.2) is 18.4 Å². The van der Waals surface area contributed by atoms with E-state index in [0.717, 1.165) is 12.8 Å². The molecule has 1 aliphatic heterocycles. The fourth-order valence-corrected chi connectivity index (χ4v) is 2.07. The number of ether oxygens (including phenoxy) is 2. The SMILES string of the molecule is N#CC(C(=O)c1ccc2c(c1)OCO2)C(=O)C1CC1. The molecule has 1 fully saturated rings. The minimum atomic E-state index is -1.20. The summed E-state index contributed by atoms with van der Waals surface area (Å²) in [6, 6.07) is 6.51. The Morgan fingerprint density at radius 1 is 1.26 bits per heavy atom. The number of carbonyl (C=O) groups is 2. The maximum Gasteiger partial charge on any atom is 0.231 e. The highest BCUT2D eigenvalue weighted by molar-refractivity contribution is 6.13. The molecule has 1 unspecified atom stereocenters. The van der Waals surface area contributed by atoms with E-state index in [4.69, 9.17) is 14.7 Å². The molecule has 0 saturated heterocycles. The lowest BCUT2D eigenvalue weighted by molar-refractivity contribution is -0.121. The number of Topliss-reactive ketones (excluding diaryl/α,β-unsaturated/α-hetero) is 2. The summed E-state index contributed by atoms with van der Waals surface area (Å²) in [6.07, 6.45) is 1.57. The van der Waals surface area contributed by atoms with Crippen molar-refractivity contribution in [3.05, 3.63) is 23.8 Å². The van der Waals surface area contributed by atoms with Crippen LogP contribution in [0.5, 0.6) is 11.5 Å². The monoisotopic (exact) mass is 257 g/mol. The fourth-order valence-electron chi connectivity index (χ4n) is 2.07. The van der Waals surface area contributed by atoms with E-state index in [0.29, 0.717) is 17.1 Å². The second kappa shape index (κ2) is 4.39. The Bertz CT molecular complexity index is 598. The fraction of sp³-hybridized carbons (Fsp3) is 0.357. The van der Waals surface area contributed by atoms with Crippen LogP contribution in [0.4, 0.5) is 0 Å². The predicted molar refractivity (Wildman–Crippen MR) is 63.7 cm³/mol. The van der Waals surface area contributed by atoms with E-state index in [9.17, 15) is 9.59 Å². The van der Waals surface area contributed by atoms with Gasteiger partial charge in [-0.15, -0.1) is 0 Å². The number of benzene rings is 1. The summed E-state index contributed by atoms with van der Waals surface area (Å²) in [7, 11) is 0. The summed E-state index contributed by atoms with van der Waals surface area (Å²) >= 11 is 0. The molecule has 96 valence electrons. The first-order chi connectivity index (χ1) is 9.20. The number of nitriles is 1. The van der Waals surface area contributed by atoms with E-state index in [-0.39, 0.29) is 18.5 Å². The molecule has 0 aromatic heterocycles. The molecule has 3 rings (SSSR count). The number of fused-ring (bicyclic) bond motifs is 1. The van der Waals surface area contributed by atoms with Crippen LogP contribution in [0.2, 0.25) is 0 Å². The van der Waals surface area contributed by atoms with Crippen molar-refractivity contribution in [3.8, 4) is 17.6 Å². The number of ketones is 2. The van der Waals surface area contributed by atoms with Crippen LogP contribution in [0.3, 0.4) is 0 Å². The van der Waals surface area contributed by atoms with Gasteiger partial charge in [-0.1, -0.05) is 0 Å². The number of hydrogen-bond donors (Lipinski definition) is 0. The van der Waals surface area contributed by atoms with E-state index in [1.807, 2.05) is 6.07 Å². The van der Waals surface area contributed by atoms with Gasteiger partial charge in [0.1, 0.15) is 0 Å². The van der Waals surface area contributed by atoms with Crippen LogP contribution >= 0.6 is 0 Å². The molecule has 0 bridgehead atoms. The first kappa shape index (κ1) is 11.7. The molecule has 0 spiro atoms. The quantitative estimate of drug-likeness (QED) is 0.606. The summed E-state index contributed by atoms with van der Waals surface area (Å²) < 4.78 is 10.3. The smallest absolute Gasteiger partial charge is 0.231 e. The number of nitrogens with zero attached hydrogens (tertiary/aromatic N) is 1. The first-order valence-electron chi connectivity index (χ1n) is 6.08. The van der Waals surface area contributed by atoms with E-state index in [1.165, 1.54) is 6.07 Å². The van der Waals surface area contributed by atoms with Crippen LogP contribution in [0.1, 0.15) is 23.2 Å². The molecular formula is C14H11NO4. The maximum atomic E-state index is 12.2. The van der Waals surface area contributed by atoms with Crippen LogP contribution < -0.4 is 9.47 Å². The molecule has 1 saturated carbocycles. The lowest BCUT2D eigenvalue weighted by Gasteiger charge is -2.07. The van der Waals surface area contributed by atoms with Gasteiger partial charge < -0.3 is 9.47 Å². The Hall–Kier alpha value is -2.35. The molecule has 1 aromatic rings.